The molecule has 0 saturated carbocycles. The third-order valence-electron chi connectivity index (χ3n) is 5.08. The van der Waals surface area contributed by atoms with Gasteiger partial charge in [0, 0.05) is 24.8 Å². The number of pyridine rings is 1. The van der Waals surface area contributed by atoms with Crippen molar-refractivity contribution in [2.75, 3.05) is 13.1 Å². The number of hydrogen-bond acceptors (Lipinski definition) is 4. The molecule has 0 radical (unpaired) electrons. The average molecular weight is 371 g/mol. The molecule has 140 valence electrons. The van der Waals surface area contributed by atoms with E-state index in [-0.39, 0.29) is 5.91 Å². The molecule has 0 spiro atoms. The molecule has 1 aliphatic heterocycles. The Bertz CT molecular complexity index is 974. The highest BCUT2D eigenvalue weighted by Crippen LogP contribution is 2.23. The van der Waals surface area contributed by atoms with Gasteiger partial charge in [0.25, 0.3) is 5.91 Å². The van der Waals surface area contributed by atoms with E-state index in [2.05, 4.69) is 15.5 Å². The third kappa shape index (κ3) is 3.79. The van der Waals surface area contributed by atoms with Crippen LogP contribution in [-0.2, 0) is 6.42 Å². The van der Waals surface area contributed by atoms with Crippen molar-refractivity contribution in [2.45, 2.75) is 25.7 Å². The second kappa shape index (κ2) is 7.38. The van der Waals surface area contributed by atoms with Gasteiger partial charge in [0.05, 0.1) is 0 Å². The van der Waals surface area contributed by atoms with Gasteiger partial charge < -0.3 is 4.90 Å². The van der Waals surface area contributed by atoms with Crippen molar-refractivity contribution in [3.63, 3.8) is 0 Å². The molecule has 0 unspecified atom stereocenters. The number of fused-ring (bicyclic) bond motifs is 1. The fraction of sp³-hybridized carbons (Fsp3) is 0.368. The standard InChI is InChI=1S/C19H19F2N5O/c20-16-6-5-13(10-17(16)21)3-4-14-2-1-8-25(12-14)19(27)15-7-9-26-18(11-15)22-23-24-26/h5-7,9-11,14H,1-4,8,12H2/t14-/m1/s1. The van der Waals surface area contributed by atoms with Gasteiger partial charge in [-0.2, -0.15) is 0 Å². The Hall–Kier alpha value is -2.90. The molecule has 0 N–H and O–H groups in total. The van der Waals surface area contributed by atoms with Crippen LogP contribution in [-0.4, -0.2) is 43.9 Å². The van der Waals surface area contributed by atoms with E-state index in [1.54, 1.807) is 24.4 Å². The summed E-state index contributed by atoms with van der Waals surface area (Å²) in [4.78, 5) is 14.7. The molecule has 2 aromatic heterocycles. The van der Waals surface area contributed by atoms with Crippen LogP contribution < -0.4 is 0 Å². The number of aryl methyl sites for hydroxylation is 1. The Morgan fingerprint density at radius 2 is 2.07 bits per heavy atom. The Morgan fingerprint density at radius 3 is 2.93 bits per heavy atom. The summed E-state index contributed by atoms with van der Waals surface area (Å²) in [5, 5.41) is 11.2. The summed E-state index contributed by atoms with van der Waals surface area (Å²) in [6.45, 7) is 1.38. The molecular formula is C19H19F2N5O. The second-order valence-corrected chi connectivity index (χ2v) is 6.94. The molecule has 1 aliphatic rings. The maximum atomic E-state index is 13.3. The summed E-state index contributed by atoms with van der Waals surface area (Å²) in [5.41, 5.74) is 1.88. The van der Waals surface area contributed by atoms with E-state index >= 15 is 0 Å². The number of amides is 1. The van der Waals surface area contributed by atoms with Crippen molar-refractivity contribution in [3.05, 3.63) is 59.3 Å². The molecule has 0 bridgehead atoms. The van der Waals surface area contributed by atoms with E-state index in [4.69, 9.17) is 0 Å². The van der Waals surface area contributed by atoms with Gasteiger partial charge in [-0.05, 0) is 71.9 Å². The van der Waals surface area contributed by atoms with Crippen molar-refractivity contribution < 1.29 is 13.6 Å². The summed E-state index contributed by atoms with van der Waals surface area (Å²) in [6.07, 6.45) is 5.14. The fourth-order valence-corrected chi connectivity index (χ4v) is 3.61. The number of nitrogens with zero attached hydrogens (tertiary/aromatic N) is 5. The van der Waals surface area contributed by atoms with Crippen LogP contribution in [0.25, 0.3) is 5.65 Å². The van der Waals surface area contributed by atoms with Crippen LogP contribution in [0.2, 0.25) is 0 Å². The number of halogens is 2. The second-order valence-electron chi connectivity index (χ2n) is 6.94. The zero-order valence-electron chi connectivity index (χ0n) is 14.7. The minimum absolute atomic E-state index is 0.0296. The minimum Gasteiger partial charge on any atom is -0.338 e. The molecule has 3 heterocycles. The molecule has 1 amide bonds. The van der Waals surface area contributed by atoms with E-state index in [0.29, 0.717) is 30.1 Å². The molecule has 4 rings (SSSR count). The number of carbonyl (C=O) groups is 1. The molecule has 1 atom stereocenters. The monoisotopic (exact) mass is 371 g/mol. The molecule has 1 aromatic carbocycles. The lowest BCUT2D eigenvalue weighted by Gasteiger charge is -2.33. The van der Waals surface area contributed by atoms with E-state index in [0.717, 1.165) is 37.4 Å². The van der Waals surface area contributed by atoms with Crippen molar-refractivity contribution in [2.24, 2.45) is 5.92 Å². The van der Waals surface area contributed by atoms with E-state index in [9.17, 15) is 13.6 Å². The number of benzene rings is 1. The van der Waals surface area contributed by atoms with Gasteiger partial charge in [-0.25, -0.2) is 13.3 Å². The number of carbonyl (C=O) groups excluding carboxylic acids is 1. The molecule has 3 aromatic rings. The van der Waals surface area contributed by atoms with E-state index in [1.165, 1.54) is 10.6 Å². The topological polar surface area (TPSA) is 63.4 Å². The third-order valence-corrected chi connectivity index (χ3v) is 5.08. The predicted molar refractivity (Wildman–Crippen MR) is 94.1 cm³/mol. The van der Waals surface area contributed by atoms with Crippen molar-refractivity contribution >= 4 is 11.6 Å². The van der Waals surface area contributed by atoms with E-state index in [1.807, 2.05) is 4.90 Å². The Balaban J connectivity index is 1.39. The quantitative estimate of drug-likeness (QED) is 0.707. The van der Waals surface area contributed by atoms with Crippen LogP contribution in [0.4, 0.5) is 8.78 Å². The van der Waals surface area contributed by atoms with Gasteiger partial charge in [0.1, 0.15) is 0 Å². The van der Waals surface area contributed by atoms with Crippen LogP contribution in [0.1, 0.15) is 35.2 Å². The molecular weight excluding hydrogens is 352 g/mol. The maximum Gasteiger partial charge on any atom is 0.254 e. The van der Waals surface area contributed by atoms with Crippen LogP contribution in [0.15, 0.2) is 36.5 Å². The molecule has 8 heteroatoms. The smallest absolute Gasteiger partial charge is 0.254 e. The summed E-state index contributed by atoms with van der Waals surface area (Å²) in [6, 6.07) is 7.44. The van der Waals surface area contributed by atoms with Gasteiger partial charge in [0.2, 0.25) is 0 Å². The lowest BCUT2D eigenvalue weighted by molar-refractivity contribution is 0.0668. The first-order valence-electron chi connectivity index (χ1n) is 9.01. The lowest BCUT2D eigenvalue weighted by atomic mass is 9.91. The summed E-state index contributed by atoms with van der Waals surface area (Å²) in [7, 11) is 0. The van der Waals surface area contributed by atoms with E-state index < -0.39 is 11.6 Å². The lowest BCUT2D eigenvalue weighted by Crippen LogP contribution is -2.40. The fourth-order valence-electron chi connectivity index (χ4n) is 3.61. The van der Waals surface area contributed by atoms with Crippen molar-refractivity contribution in [1.29, 1.82) is 0 Å². The van der Waals surface area contributed by atoms with Gasteiger partial charge in [-0.3, -0.25) is 4.79 Å². The van der Waals surface area contributed by atoms with Crippen LogP contribution >= 0.6 is 0 Å². The first-order valence-corrected chi connectivity index (χ1v) is 9.01. The minimum atomic E-state index is -0.826. The normalized spacial score (nSPS) is 17.4. The number of rotatable bonds is 4. The average Bonchev–Trinajstić information content (AvgIpc) is 3.16. The van der Waals surface area contributed by atoms with Crippen molar-refractivity contribution in [1.82, 2.24) is 24.9 Å². The first kappa shape index (κ1) is 17.5. The Morgan fingerprint density at radius 1 is 1.19 bits per heavy atom. The highest BCUT2D eigenvalue weighted by molar-refractivity contribution is 5.95. The number of likely N-dealkylation sites (tertiary alicyclic amines) is 1. The molecule has 1 fully saturated rings. The number of tetrazole rings is 1. The Labute approximate surface area is 154 Å². The van der Waals surface area contributed by atoms with Crippen molar-refractivity contribution in [3.8, 4) is 0 Å². The number of aromatic nitrogens is 4. The molecule has 0 aliphatic carbocycles. The molecule has 6 nitrogen and oxygen atoms in total. The van der Waals surface area contributed by atoms with Crippen LogP contribution in [0.5, 0.6) is 0 Å². The largest absolute Gasteiger partial charge is 0.338 e. The SMILES string of the molecule is O=C(c1ccn2nnnc2c1)N1CCC[C@H](CCc2ccc(F)c(F)c2)C1. The summed E-state index contributed by atoms with van der Waals surface area (Å²) in [5.74, 6) is -1.33. The van der Waals surface area contributed by atoms with Gasteiger partial charge in [-0.15, -0.1) is 5.10 Å². The predicted octanol–water partition coefficient (Wildman–Crippen LogP) is 2.89. The molecule has 1 saturated heterocycles. The maximum absolute atomic E-state index is 13.3. The Kier molecular flexibility index (Phi) is 4.79. The first-order chi connectivity index (χ1) is 13.1. The molecule has 27 heavy (non-hydrogen) atoms. The van der Waals surface area contributed by atoms with Gasteiger partial charge >= 0.3 is 0 Å². The van der Waals surface area contributed by atoms with Crippen LogP contribution in [0, 0.1) is 17.6 Å². The zero-order chi connectivity index (χ0) is 18.8. The number of piperidine rings is 1. The highest BCUT2D eigenvalue weighted by Gasteiger charge is 2.24. The zero-order valence-corrected chi connectivity index (χ0v) is 14.7. The highest BCUT2D eigenvalue weighted by atomic mass is 19.2. The van der Waals surface area contributed by atoms with Gasteiger partial charge in [-0.1, -0.05) is 6.07 Å². The van der Waals surface area contributed by atoms with Gasteiger partial charge in [0.15, 0.2) is 17.3 Å². The van der Waals surface area contributed by atoms with Crippen LogP contribution in [0.3, 0.4) is 0 Å². The summed E-state index contributed by atoms with van der Waals surface area (Å²) < 4.78 is 27.9. The summed E-state index contributed by atoms with van der Waals surface area (Å²) >= 11 is 0. The number of hydrogen-bond donors (Lipinski definition) is 0.